The molecule has 1 amide bonds. The monoisotopic (exact) mass is 425 g/mol. The first-order valence-corrected chi connectivity index (χ1v) is 10.4. The van der Waals surface area contributed by atoms with Crippen LogP contribution in [0.3, 0.4) is 0 Å². The van der Waals surface area contributed by atoms with E-state index in [0.29, 0.717) is 22.7 Å². The van der Waals surface area contributed by atoms with Crippen molar-refractivity contribution in [3.63, 3.8) is 0 Å². The van der Waals surface area contributed by atoms with Gasteiger partial charge < -0.3 is 10.1 Å². The van der Waals surface area contributed by atoms with Crippen LogP contribution in [0.25, 0.3) is 5.65 Å². The Morgan fingerprint density at radius 2 is 1.91 bits per heavy atom. The summed E-state index contributed by atoms with van der Waals surface area (Å²) >= 11 is 0. The molecule has 0 spiro atoms. The van der Waals surface area contributed by atoms with Crippen LogP contribution in [0.1, 0.15) is 47.2 Å². The van der Waals surface area contributed by atoms with E-state index in [2.05, 4.69) is 21.6 Å². The maximum atomic E-state index is 13.1. The van der Waals surface area contributed by atoms with E-state index in [0.717, 1.165) is 11.2 Å². The number of aromatic nitrogens is 3. The quantitative estimate of drug-likeness (QED) is 0.476. The van der Waals surface area contributed by atoms with Gasteiger partial charge in [0, 0.05) is 17.3 Å². The predicted octanol–water partition coefficient (Wildman–Crippen LogP) is 4.31. The minimum absolute atomic E-state index is 0.105. The van der Waals surface area contributed by atoms with Crippen LogP contribution in [0.2, 0.25) is 0 Å². The van der Waals surface area contributed by atoms with Crippen LogP contribution in [0.4, 0.5) is 0 Å². The molecule has 0 saturated heterocycles. The van der Waals surface area contributed by atoms with E-state index in [9.17, 15) is 10.1 Å². The number of pyridine rings is 1. The maximum Gasteiger partial charge on any atom is 0.252 e. The van der Waals surface area contributed by atoms with Gasteiger partial charge in [-0.1, -0.05) is 44.2 Å². The summed E-state index contributed by atoms with van der Waals surface area (Å²) in [4.78, 5) is 13.1. The number of rotatable bonds is 7. The zero-order valence-electron chi connectivity index (χ0n) is 17.9. The van der Waals surface area contributed by atoms with Crippen LogP contribution >= 0.6 is 0 Å². The van der Waals surface area contributed by atoms with Crippen LogP contribution in [0, 0.1) is 17.2 Å². The van der Waals surface area contributed by atoms with Crippen LogP contribution < -0.4 is 10.1 Å². The molecule has 2 aromatic carbocycles. The van der Waals surface area contributed by atoms with E-state index >= 15 is 0 Å². The summed E-state index contributed by atoms with van der Waals surface area (Å²) in [5.41, 5.74) is 2.58. The summed E-state index contributed by atoms with van der Waals surface area (Å²) in [5, 5.41) is 20.8. The number of hydrogen-bond acceptors (Lipinski definition) is 5. The van der Waals surface area contributed by atoms with Gasteiger partial charge >= 0.3 is 0 Å². The largest absolute Gasteiger partial charge is 0.489 e. The Bertz CT molecular complexity index is 1290. The average molecular weight is 425 g/mol. The Morgan fingerprint density at radius 1 is 1.09 bits per heavy atom. The van der Waals surface area contributed by atoms with Crippen molar-refractivity contribution in [3.05, 3.63) is 95.4 Å². The number of fused-ring (bicyclic) bond motifs is 1. The van der Waals surface area contributed by atoms with Gasteiger partial charge in [-0.3, -0.25) is 9.20 Å². The fourth-order valence-electron chi connectivity index (χ4n) is 3.47. The standard InChI is InChI=1S/C25H23N5O2/c1-17(2)23(24-29-28-22-12-5-6-13-30(22)24)27-25(31)18-10-7-11-21(14-18)32-16-20-9-4-3-8-19(20)15-26/h3-14,17,23H,16H2,1-2H3,(H,27,31). The van der Waals surface area contributed by atoms with Gasteiger partial charge in [0.1, 0.15) is 12.4 Å². The number of carbonyl (C=O) groups excluding carboxylic acids is 1. The zero-order chi connectivity index (χ0) is 22.5. The summed E-state index contributed by atoms with van der Waals surface area (Å²) in [7, 11) is 0. The number of nitrogens with zero attached hydrogens (tertiary/aromatic N) is 4. The third kappa shape index (κ3) is 4.44. The molecule has 160 valence electrons. The van der Waals surface area contributed by atoms with Gasteiger partial charge in [0.05, 0.1) is 17.7 Å². The minimum Gasteiger partial charge on any atom is -0.489 e. The normalized spacial score (nSPS) is 11.8. The Kier molecular flexibility index (Phi) is 6.13. The average Bonchev–Trinajstić information content (AvgIpc) is 3.25. The van der Waals surface area contributed by atoms with Gasteiger partial charge in [0.15, 0.2) is 11.5 Å². The minimum atomic E-state index is -0.313. The molecule has 0 bridgehead atoms. The van der Waals surface area contributed by atoms with E-state index in [1.165, 1.54) is 0 Å². The van der Waals surface area contributed by atoms with Crippen molar-refractivity contribution in [3.8, 4) is 11.8 Å². The van der Waals surface area contributed by atoms with Crippen molar-refractivity contribution in [2.75, 3.05) is 0 Å². The fraction of sp³-hybridized carbons (Fsp3) is 0.200. The highest BCUT2D eigenvalue weighted by Crippen LogP contribution is 2.22. The number of nitriles is 1. The molecule has 2 aromatic heterocycles. The van der Waals surface area contributed by atoms with Gasteiger partial charge in [-0.25, -0.2) is 0 Å². The van der Waals surface area contributed by atoms with E-state index in [-0.39, 0.29) is 24.5 Å². The van der Waals surface area contributed by atoms with Gasteiger partial charge in [-0.2, -0.15) is 5.26 Å². The van der Waals surface area contributed by atoms with E-state index < -0.39 is 0 Å². The number of hydrogen-bond donors (Lipinski definition) is 1. The molecule has 0 radical (unpaired) electrons. The van der Waals surface area contributed by atoms with Crippen molar-refractivity contribution in [2.24, 2.45) is 5.92 Å². The molecule has 0 aliphatic rings. The molecule has 4 aromatic rings. The summed E-state index contributed by atoms with van der Waals surface area (Å²) in [5.74, 6) is 1.12. The molecule has 2 heterocycles. The molecule has 0 saturated carbocycles. The number of amides is 1. The first-order chi connectivity index (χ1) is 15.6. The first kappa shape index (κ1) is 21.1. The lowest BCUT2D eigenvalue weighted by molar-refractivity contribution is 0.0922. The molecule has 1 atom stereocenters. The van der Waals surface area contributed by atoms with Crippen molar-refractivity contribution in [2.45, 2.75) is 26.5 Å². The molecule has 0 fully saturated rings. The topological polar surface area (TPSA) is 92.3 Å². The van der Waals surface area contributed by atoms with Crippen LogP contribution in [0.5, 0.6) is 5.75 Å². The summed E-state index contributed by atoms with van der Waals surface area (Å²) in [6, 6.07) is 21.8. The third-order valence-electron chi connectivity index (χ3n) is 5.20. The van der Waals surface area contributed by atoms with Crippen LogP contribution in [-0.4, -0.2) is 20.5 Å². The highest BCUT2D eigenvalue weighted by molar-refractivity contribution is 5.94. The van der Waals surface area contributed by atoms with Gasteiger partial charge in [-0.15, -0.1) is 10.2 Å². The smallest absolute Gasteiger partial charge is 0.252 e. The lowest BCUT2D eigenvalue weighted by Crippen LogP contribution is -2.33. The number of ether oxygens (including phenoxy) is 1. The van der Waals surface area contributed by atoms with Crippen molar-refractivity contribution >= 4 is 11.6 Å². The molecule has 0 aliphatic carbocycles. The Morgan fingerprint density at radius 3 is 2.72 bits per heavy atom. The molecule has 1 N–H and O–H groups in total. The Hall–Kier alpha value is -4.18. The SMILES string of the molecule is CC(C)C(NC(=O)c1cccc(OCc2ccccc2C#N)c1)c1nnc2ccccn12. The van der Waals surface area contributed by atoms with E-state index in [1.54, 1.807) is 30.3 Å². The predicted molar refractivity (Wildman–Crippen MR) is 120 cm³/mol. The molecule has 4 rings (SSSR count). The molecular formula is C25H23N5O2. The second-order valence-corrected chi connectivity index (χ2v) is 7.77. The second-order valence-electron chi connectivity index (χ2n) is 7.77. The summed E-state index contributed by atoms with van der Waals surface area (Å²) in [6.07, 6.45) is 1.89. The maximum absolute atomic E-state index is 13.1. The lowest BCUT2D eigenvalue weighted by atomic mass is 10.0. The molecular weight excluding hydrogens is 402 g/mol. The van der Waals surface area contributed by atoms with E-state index in [4.69, 9.17) is 4.74 Å². The van der Waals surface area contributed by atoms with Crippen molar-refractivity contribution in [1.29, 1.82) is 5.26 Å². The van der Waals surface area contributed by atoms with Gasteiger partial charge in [0.25, 0.3) is 5.91 Å². The van der Waals surface area contributed by atoms with Crippen LogP contribution in [-0.2, 0) is 6.61 Å². The Balaban J connectivity index is 1.51. The summed E-state index contributed by atoms with van der Waals surface area (Å²) < 4.78 is 7.74. The van der Waals surface area contributed by atoms with Crippen molar-refractivity contribution < 1.29 is 9.53 Å². The number of benzene rings is 2. The van der Waals surface area contributed by atoms with Gasteiger partial charge in [-0.05, 0) is 42.3 Å². The molecule has 7 heteroatoms. The number of carbonyl (C=O) groups is 1. The highest BCUT2D eigenvalue weighted by atomic mass is 16.5. The molecule has 32 heavy (non-hydrogen) atoms. The van der Waals surface area contributed by atoms with E-state index in [1.807, 2.05) is 60.8 Å². The molecule has 0 aliphatic heterocycles. The fourth-order valence-corrected chi connectivity index (χ4v) is 3.47. The number of nitrogens with one attached hydrogen (secondary N) is 1. The lowest BCUT2D eigenvalue weighted by Gasteiger charge is -2.21. The third-order valence-corrected chi connectivity index (χ3v) is 5.20. The highest BCUT2D eigenvalue weighted by Gasteiger charge is 2.24. The Labute approximate surface area is 186 Å². The van der Waals surface area contributed by atoms with Crippen molar-refractivity contribution in [1.82, 2.24) is 19.9 Å². The molecule has 7 nitrogen and oxygen atoms in total. The second kappa shape index (κ2) is 9.31. The zero-order valence-corrected chi connectivity index (χ0v) is 17.9. The van der Waals surface area contributed by atoms with Gasteiger partial charge in [0.2, 0.25) is 0 Å². The molecule has 1 unspecified atom stereocenters. The first-order valence-electron chi connectivity index (χ1n) is 10.4. The van der Waals surface area contributed by atoms with Crippen LogP contribution in [0.15, 0.2) is 72.9 Å². The summed E-state index contributed by atoms with van der Waals surface area (Å²) in [6.45, 7) is 4.30.